The van der Waals surface area contributed by atoms with Gasteiger partial charge in [0.15, 0.2) is 0 Å². The van der Waals surface area contributed by atoms with Crippen molar-refractivity contribution in [3.63, 3.8) is 0 Å². The fourth-order valence-electron chi connectivity index (χ4n) is 2.13. The largest absolute Gasteiger partial charge is 0.324 e. The Morgan fingerprint density at radius 1 is 1.32 bits per heavy atom. The second-order valence-corrected chi connectivity index (χ2v) is 5.15. The van der Waals surface area contributed by atoms with E-state index in [4.69, 9.17) is 5.73 Å². The molecule has 0 unspecified atom stereocenters. The van der Waals surface area contributed by atoms with E-state index in [0.29, 0.717) is 11.2 Å². The van der Waals surface area contributed by atoms with Gasteiger partial charge in [-0.1, -0.05) is 30.3 Å². The number of nitrogens with two attached hydrogens (primary N) is 1. The summed E-state index contributed by atoms with van der Waals surface area (Å²) in [4.78, 5) is 17.6. The van der Waals surface area contributed by atoms with Crippen molar-refractivity contribution in [1.29, 1.82) is 0 Å². The van der Waals surface area contributed by atoms with Gasteiger partial charge in [0.2, 0.25) is 0 Å². The Balaban J connectivity index is 2.36. The molecule has 0 aliphatic heterocycles. The van der Waals surface area contributed by atoms with E-state index in [0.717, 1.165) is 16.0 Å². The topological polar surface area (TPSA) is 60.9 Å². The molecular weight excluding hydrogens is 258 g/mol. The molecule has 0 atom stereocenters. The monoisotopic (exact) mass is 271 g/mol. The van der Waals surface area contributed by atoms with Crippen molar-refractivity contribution >= 4 is 21.6 Å². The molecule has 0 saturated heterocycles. The third-order valence-corrected chi connectivity index (χ3v) is 4.05. The predicted molar refractivity (Wildman–Crippen MR) is 78.2 cm³/mol. The van der Waals surface area contributed by atoms with Crippen LogP contribution in [0, 0.1) is 0 Å². The molecule has 0 aliphatic carbocycles. The van der Waals surface area contributed by atoms with Crippen molar-refractivity contribution in [3.05, 3.63) is 51.9 Å². The first kappa shape index (κ1) is 12.1. The Hall–Kier alpha value is -1.98. The molecule has 2 heterocycles. The number of nitrogens with zero attached hydrogens (tertiary/aromatic N) is 2. The molecule has 0 fully saturated rings. The third kappa shape index (κ3) is 1.87. The van der Waals surface area contributed by atoms with Crippen LogP contribution >= 0.6 is 11.3 Å². The fraction of sp³-hybridized carbons (Fsp3) is 0.143. The standard InChI is InChI=1S/C14H13N3OS/c1-17-11(7-15)16-13-12(14(17)18)10(8-19-13)9-5-3-2-4-6-9/h2-6,8H,7,15H2,1H3. The maximum atomic E-state index is 12.4. The SMILES string of the molecule is Cn1c(CN)nc2scc(-c3ccccc3)c2c1=O. The number of hydrogen-bond donors (Lipinski definition) is 1. The van der Waals surface area contributed by atoms with E-state index in [1.165, 1.54) is 15.9 Å². The Morgan fingerprint density at radius 2 is 2.05 bits per heavy atom. The van der Waals surface area contributed by atoms with Gasteiger partial charge in [-0.2, -0.15) is 0 Å². The number of fused-ring (bicyclic) bond motifs is 1. The summed E-state index contributed by atoms with van der Waals surface area (Å²) in [5.41, 5.74) is 7.55. The summed E-state index contributed by atoms with van der Waals surface area (Å²) in [6, 6.07) is 9.88. The normalized spacial score (nSPS) is 11.1. The van der Waals surface area contributed by atoms with E-state index in [1.807, 2.05) is 35.7 Å². The Bertz CT molecular complexity index is 790. The van der Waals surface area contributed by atoms with Gasteiger partial charge in [-0.15, -0.1) is 11.3 Å². The van der Waals surface area contributed by atoms with Crippen molar-refractivity contribution in [1.82, 2.24) is 9.55 Å². The first-order valence-electron chi connectivity index (χ1n) is 5.95. The molecule has 1 aromatic carbocycles. The zero-order valence-electron chi connectivity index (χ0n) is 10.5. The van der Waals surface area contributed by atoms with Crippen LogP contribution in [0.5, 0.6) is 0 Å². The van der Waals surface area contributed by atoms with Crippen LogP contribution in [-0.2, 0) is 13.6 Å². The molecule has 0 radical (unpaired) electrons. The summed E-state index contributed by atoms with van der Waals surface area (Å²) in [6.45, 7) is 0.264. The van der Waals surface area contributed by atoms with E-state index in [9.17, 15) is 4.79 Å². The molecule has 3 rings (SSSR count). The molecule has 2 N–H and O–H groups in total. The van der Waals surface area contributed by atoms with Gasteiger partial charge in [-0.05, 0) is 5.56 Å². The molecule has 0 saturated carbocycles. The molecule has 5 heteroatoms. The molecule has 0 bridgehead atoms. The highest BCUT2D eigenvalue weighted by Crippen LogP contribution is 2.30. The van der Waals surface area contributed by atoms with Gasteiger partial charge in [0.25, 0.3) is 5.56 Å². The number of aromatic nitrogens is 2. The van der Waals surface area contributed by atoms with Gasteiger partial charge in [0, 0.05) is 18.0 Å². The van der Waals surface area contributed by atoms with E-state index in [-0.39, 0.29) is 12.1 Å². The highest BCUT2D eigenvalue weighted by Gasteiger charge is 2.14. The highest BCUT2D eigenvalue weighted by atomic mass is 32.1. The molecule has 0 amide bonds. The number of benzene rings is 1. The Morgan fingerprint density at radius 3 is 2.74 bits per heavy atom. The lowest BCUT2D eigenvalue weighted by Gasteiger charge is -2.05. The van der Waals surface area contributed by atoms with E-state index < -0.39 is 0 Å². The number of rotatable bonds is 2. The van der Waals surface area contributed by atoms with Crippen LogP contribution in [0.4, 0.5) is 0 Å². The Kier molecular flexibility index (Phi) is 2.93. The van der Waals surface area contributed by atoms with Crippen molar-refractivity contribution in [2.75, 3.05) is 0 Å². The van der Waals surface area contributed by atoms with Crippen LogP contribution in [0.15, 0.2) is 40.5 Å². The summed E-state index contributed by atoms with van der Waals surface area (Å²) >= 11 is 1.48. The minimum absolute atomic E-state index is 0.0365. The van der Waals surface area contributed by atoms with Gasteiger partial charge >= 0.3 is 0 Å². The predicted octanol–water partition coefficient (Wildman–Crippen LogP) is 2.12. The summed E-state index contributed by atoms with van der Waals surface area (Å²) in [7, 11) is 1.71. The molecule has 0 aliphatic rings. The number of thiophene rings is 1. The zero-order valence-corrected chi connectivity index (χ0v) is 11.3. The van der Waals surface area contributed by atoms with Crippen molar-refractivity contribution in [2.24, 2.45) is 12.8 Å². The van der Waals surface area contributed by atoms with Crippen LogP contribution in [0.2, 0.25) is 0 Å². The second kappa shape index (κ2) is 4.60. The number of hydrogen-bond acceptors (Lipinski definition) is 4. The quantitative estimate of drug-likeness (QED) is 0.776. The molecule has 0 spiro atoms. The molecular formula is C14H13N3OS. The van der Waals surface area contributed by atoms with Gasteiger partial charge < -0.3 is 5.73 Å². The first-order valence-corrected chi connectivity index (χ1v) is 6.83. The van der Waals surface area contributed by atoms with Crippen LogP contribution in [0.3, 0.4) is 0 Å². The van der Waals surface area contributed by atoms with Gasteiger partial charge in [0.1, 0.15) is 10.7 Å². The fourth-order valence-corrected chi connectivity index (χ4v) is 3.08. The van der Waals surface area contributed by atoms with E-state index in [1.54, 1.807) is 7.05 Å². The molecule has 2 aromatic heterocycles. The van der Waals surface area contributed by atoms with Crippen LogP contribution < -0.4 is 11.3 Å². The second-order valence-electron chi connectivity index (χ2n) is 4.29. The minimum Gasteiger partial charge on any atom is -0.324 e. The molecule has 19 heavy (non-hydrogen) atoms. The van der Waals surface area contributed by atoms with Crippen molar-refractivity contribution < 1.29 is 0 Å². The van der Waals surface area contributed by atoms with Gasteiger partial charge in [-0.25, -0.2) is 4.98 Å². The molecule has 96 valence electrons. The maximum Gasteiger partial charge on any atom is 0.262 e. The van der Waals surface area contributed by atoms with Crippen LogP contribution in [0.25, 0.3) is 21.3 Å². The van der Waals surface area contributed by atoms with Gasteiger partial charge in [0.05, 0.1) is 11.9 Å². The van der Waals surface area contributed by atoms with Crippen LogP contribution in [-0.4, -0.2) is 9.55 Å². The lowest BCUT2D eigenvalue weighted by molar-refractivity contribution is 0.743. The summed E-state index contributed by atoms with van der Waals surface area (Å²) in [5.74, 6) is 0.610. The average molecular weight is 271 g/mol. The minimum atomic E-state index is -0.0365. The van der Waals surface area contributed by atoms with E-state index >= 15 is 0 Å². The third-order valence-electron chi connectivity index (χ3n) is 3.18. The summed E-state index contributed by atoms with van der Waals surface area (Å²) in [6.07, 6.45) is 0. The maximum absolute atomic E-state index is 12.4. The van der Waals surface area contributed by atoms with Crippen molar-refractivity contribution in [3.8, 4) is 11.1 Å². The highest BCUT2D eigenvalue weighted by molar-refractivity contribution is 7.17. The lowest BCUT2D eigenvalue weighted by atomic mass is 10.1. The van der Waals surface area contributed by atoms with Crippen molar-refractivity contribution in [2.45, 2.75) is 6.54 Å². The van der Waals surface area contributed by atoms with Gasteiger partial charge in [-0.3, -0.25) is 9.36 Å². The smallest absolute Gasteiger partial charge is 0.262 e. The average Bonchev–Trinajstić information content (AvgIpc) is 2.87. The first-order chi connectivity index (χ1) is 9.22. The van der Waals surface area contributed by atoms with E-state index in [2.05, 4.69) is 4.98 Å². The molecule has 4 nitrogen and oxygen atoms in total. The Labute approximate surface area is 114 Å². The zero-order chi connectivity index (χ0) is 13.4. The van der Waals surface area contributed by atoms with Crippen LogP contribution in [0.1, 0.15) is 5.82 Å². The lowest BCUT2D eigenvalue weighted by Crippen LogP contribution is -2.23. The molecule has 3 aromatic rings. The summed E-state index contributed by atoms with van der Waals surface area (Å²) < 4.78 is 1.53. The summed E-state index contributed by atoms with van der Waals surface area (Å²) in [5, 5.41) is 2.66.